The fourth-order valence-corrected chi connectivity index (χ4v) is 10.9. The number of nitrogens with zero attached hydrogens (tertiary/aromatic N) is 1. The van der Waals surface area contributed by atoms with Gasteiger partial charge < -0.3 is 9.32 Å². The molecule has 2 heterocycles. The van der Waals surface area contributed by atoms with Crippen LogP contribution in [0.2, 0.25) is 0 Å². The highest BCUT2D eigenvalue weighted by Crippen LogP contribution is 2.55. The summed E-state index contributed by atoms with van der Waals surface area (Å²) in [6.45, 7) is 2.36. The first-order chi connectivity index (χ1) is 27.7. The van der Waals surface area contributed by atoms with E-state index in [2.05, 4.69) is 206 Å². The smallest absolute Gasteiger partial charge is 0.135 e. The van der Waals surface area contributed by atoms with E-state index in [-0.39, 0.29) is 5.92 Å². The summed E-state index contributed by atoms with van der Waals surface area (Å²) in [4.78, 5) is 3.91. The molecule has 1 aliphatic heterocycles. The molecular weight excluding hydrogens is 699 g/mol. The monoisotopic (exact) mass is 739 g/mol. The molecule has 0 radical (unpaired) electrons. The van der Waals surface area contributed by atoms with Crippen molar-refractivity contribution in [1.29, 1.82) is 0 Å². The number of furan rings is 1. The molecule has 4 unspecified atom stereocenters. The molecule has 4 aliphatic carbocycles. The molecule has 6 aromatic rings. The Morgan fingerprint density at radius 2 is 1.43 bits per heavy atom. The van der Waals surface area contributed by atoms with Crippen LogP contribution in [0.4, 0.5) is 17.1 Å². The number of rotatable bonds is 6. The van der Waals surface area contributed by atoms with Crippen LogP contribution in [0, 0.1) is 11.8 Å². The fourth-order valence-electron chi connectivity index (χ4n) is 9.40. The summed E-state index contributed by atoms with van der Waals surface area (Å²) >= 11 is 2.07. The number of anilines is 3. The summed E-state index contributed by atoms with van der Waals surface area (Å²) in [6, 6.07) is 46.5. The first kappa shape index (κ1) is 33.3. The quantitative estimate of drug-likeness (QED) is 0.169. The van der Waals surface area contributed by atoms with Crippen LogP contribution in [0.3, 0.4) is 0 Å². The minimum absolute atomic E-state index is 0.237. The third-order valence-electron chi connectivity index (χ3n) is 12.1. The van der Waals surface area contributed by atoms with Crippen LogP contribution in [0.5, 0.6) is 0 Å². The Labute approximate surface area is 333 Å². The van der Waals surface area contributed by atoms with Crippen LogP contribution in [0.1, 0.15) is 48.1 Å². The first-order valence-corrected chi connectivity index (χ1v) is 20.8. The third-order valence-corrected chi connectivity index (χ3v) is 13.5. The van der Waals surface area contributed by atoms with E-state index < -0.39 is 0 Å². The number of thioether (sulfide) groups is 1. The second-order valence-corrected chi connectivity index (χ2v) is 16.8. The van der Waals surface area contributed by atoms with Crippen molar-refractivity contribution in [2.75, 3.05) is 4.90 Å². The molecule has 1 fully saturated rings. The van der Waals surface area contributed by atoms with Gasteiger partial charge in [0.25, 0.3) is 0 Å². The predicted molar refractivity (Wildman–Crippen MR) is 237 cm³/mol. The normalized spacial score (nSPS) is 21.8. The highest BCUT2D eigenvalue weighted by molar-refractivity contribution is 8.04. The van der Waals surface area contributed by atoms with E-state index in [1.165, 1.54) is 60.4 Å². The van der Waals surface area contributed by atoms with Crippen molar-refractivity contribution in [2.45, 2.75) is 30.9 Å². The number of para-hydroxylation sites is 2. The summed E-state index contributed by atoms with van der Waals surface area (Å²) < 4.78 is 6.28. The second kappa shape index (κ2) is 13.6. The van der Waals surface area contributed by atoms with Gasteiger partial charge in [0.1, 0.15) is 11.3 Å². The van der Waals surface area contributed by atoms with Crippen LogP contribution in [0.25, 0.3) is 39.3 Å². The minimum atomic E-state index is 0.237. The maximum Gasteiger partial charge on any atom is 0.135 e. The maximum atomic E-state index is 6.28. The molecule has 0 saturated carbocycles. The molecule has 5 aromatic carbocycles. The Hall–Kier alpha value is -6.03. The summed E-state index contributed by atoms with van der Waals surface area (Å²) in [5.74, 6) is 2.05. The van der Waals surface area contributed by atoms with Crippen molar-refractivity contribution >= 4 is 57.0 Å². The van der Waals surface area contributed by atoms with Gasteiger partial charge in [0.05, 0.1) is 5.69 Å². The molecule has 3 heteroatoms. The average molecular weight is 740 g/mol. The van der Waals surface area contributed by atoms with Crippen LogP contribution in [-0.2, 0) is 0 Å². The van der Waals surface area contributed by atoms with Gasteiger partial charge in [-0.15, -0.1) is 11.8 Å². The van der Waals surface area contributed by atoms with Gasteiger partial charge in [-0.25, -0.2) is 0 Å². The SMILES string of the molecule is CC1C=C2C3=CC=CCC3SC2=C(c2ccc(N(c3ccc(C4=CC5c6c(oc7ccccc67)C=CC5C=C4)cc3)c3ccccc3-c3ccccc3)cc2)C1. The molecule has 2 nitrogen and oxygen atoms in total. The highest BCUT2D eigenvalue weighted by Gasteiger charge is 2.36. The van der Waals surface area contributed by atoms with Gasteiger partial charge in [-0.1, -0.05) is 147 Å². The maximum absolute atomic E-state index is 6.28. The van der Waals surface area contributed by atoms with Crippen LogP contribution >= 0.6 is 11.8 Å². The summed E-state index contributed by atoms with van der Waals surface area (Å²) in [7, 11) is 0. The molecule has 56 heavy (non-hydrogen) atoms. The summed E-state index contributed by atoms with van der Waals surface area (Å²) in [6.07, 6.45) is 23.1. The lowest BCUT2D eigenvalue weighted by Crippen LogP contribution is -2.14. The first-order valence-electron chi connectivity index (χ1n) is 19.9. The minimum Gasteiger partial charge on any atom is -0.456 e. The Morgan fingerprint density at radius 1 is 0.696 bits per heavy atom. The zero-order chi connectivity index (χ0) is 37.2. The molecule has 0 N–H and O–H groups in total. The van der Waals surface area contributed by atoms with E-state index in [0.717, 1.165) is 41.2 Å². The zero-order valence-corrected chi connectivity index (χ0v) is 32.1. The average Bonchev–Trinajstić information content (AvgIpc) is 3.83. The molecule has 0 spiro atoms. The molecule has 0 amide bonds. The predicted octanol–water partition coefficient (Wildman–Crippen LogP) is 14.6. The molecule has 5 aliphatic rings. The van der Waals surface area contributed by atoms with Gasteiger partial charge in [-0.05, 0) is 100 Å². The summed E-state index contributed by atoms with van der Waals surface area (Å²) in [5.41, 5.74) is 16.3. The molecule has 1 aromatic heterocycles. The number of allylic oxidation sites excluding steroid dienone is 11. The molecule has 0 bridgehead atoms. The van der Waals surface area contributed by atoms with Crippen molar-refractivity contribution in [2.24, 2.45) is 11.8 Å². The van der Waals surface area contributed by atoms with Crippen molar-refractivity contribution < 1.29 is 4.42 Å². The number of hydrogen-bond donors (Lipinski definition) is 0. The Balaban J connectivity index is 0.975. The van der Waals surface area contributed by atoms with E-state index in [0.29, 0.717) is 17.1 Å². The van der Waals surface area contributed by atoms with Crippen LogP contribution < -0.4 is 4.90 Å². The fraction of sp³-hybridized carbons (Fsp3) is 0.132. The van der Waals surface area contributed by atoms with Crippen molar-refractivity contribution in [3.05, 3.63) is 215 Å². The van der Waals surface area contributed by atoms with Gasteiger partial charge in [0.15, 0.2) is 0 Å². The highest BCUT2D eigenvalue weighted by atomic mass is 32.2. The molecule has 11 rings (SSSR count). The van der Waals surface area contributed by atoms with Gasteiger partial charge >= 0.3 is 0 Å². The second-order valence-electron chi connectivity index (χ2n) is 15.6. The molecular formula is C53H41NOS. The standard InChI is InChI=1S/C53H41NOS/c1-34-31-46(53-47(32-34)43-14-7-10-18-51(43)56-53)38-23-28-41(29-24-38)54(48-16-8-5-13-42(48)36-11-3-2-4-12-36)40-26-21-35(22-27-40)39-20-19-37-25-30-50-52(45(37)33-39)44-15-6-9-17-49(44)55-50/h2-17,19-30,32-34,37,45,51H,18,31H2,1H3. The van der Waals surface area contributed by atoms with Crippen molar-refractivity contribution in [3.63, 3.8) is 0 Å². The van der Waals surface area contributed by atoms with E-state index in [1.54, 1.807) is 0 Å². The van der Waals surface area contributed by atoms with E-state index in [9.17, 15) is 0 Å². The Bertz CT molecular complexity index is 2730. The lowest BCUT2D eigenvalue weighted by atomic mass is 9.76. The number of benzene rings is 5. The Morgan fingerprint density at radius 3 is 2.27 bits per heavy atom. The number of hydrogen-bond acceptors (Lipinski definition) is 3. The van der Waals surface area contributed by atoms with E-state index in [4.69, 9.17) is 4.42 Å². The lowest BCUT2D eigenvalue weighted by Gasteiger charge is -2.29. The van der Waals surface area contributed by atoms with Crippen molar-refractivity contribution in [3.8, 4) is 11.1 Å². The molecule has 1 saturated heterocycles. The Kier molecular flexibility index (Phi) is 8.10. The largest absolute Gasteiger partial charge is 0.456 e. The lowest BCUT2D eigenvalue weighted by molar-refractivity contribution is 0.578. The third kappa shape index (κ3) is 5.64. The van der Waals surface area contributed by atoms with Gasteiger partial charge in [-0.3, -0.25) is 0 Å². The van der Waals surface area contributed by atoms with Gasteiger partial charge in [0.2, 0.25) is 0 Å². The zero-order valence-electron chi connectivity index (χ0n) is 31.3. The van der Waals surface area contributed by atoms with Gasteiger partial charge in [0, 0.05) is 49.9 Å². The molecule has 270 valence electrons. The van der Waals surface area contributed by atoms with Crippen LogP contribution in [-0.4, -0.2) is 5.25 Å². The van der Waals surface area contributed by atoms with Gasteiger partial charge in [-0.2, -0.15) is 0 Å². The number of fused-ring (bicyclic) bond motifs is 8. The topological polar surface area (TPSA) is 16.4 Å². The summed E-state index contributed by atoms with van der Waals surface area (Å²) in [5, 5.41) is 1.75. The van der Waals surface area contributed by atoms with Crippen LogP contribution in [0.15, 0.2) is 196 Å². The van der Waals surface area contributed by atoms with E-state index >= 15 is 0 Å². The molecule has 4 atom stereocenters. The van der Waals surface area contributed by atoms with Crippen molar-refractivity contribution in [1.82, 2.24) is 0 Å². The van der Waals surface area contributed by atoms with E-state index in [1.807, 2.05) is 0 Å².